The maximum absolute atomic E-state index is 10.1. The summed E-state index contributed by atoms with van der Waals surface area (Å²) in [6.07, 6.45) is 0.665. The molecule has 3 N–H and O–H groups in total. The van der Waals surface area contributed by atoms with Crippen molar-refractivity contribution in [1.82, 2.24) is 0 Å². The Labute approximate surface area is 96.1 Å². The van der Waals surface area contributed by atoms with Gasteiger partial charge in [-0.1, -0.05) is 25.4 Å². The number of hydrogen-bond acceptors (Lipinski definition) is 2. The van der Waals surface area contributed by atoms with E-state index in [0.29, 0.717) is 23.7 Å². The van der Waals surface area contributed by atoms with E-state index in [1.54, 1.807) is 0 Å². The van der Waals surface area contributed by atoms with E-state index in [0.717, 1.165) is 16.7 Å². The summed E-state index contributed by atoms with van der Waals surface area (Å²) in [4.78, 5) is 0. The van der Waals surface area contributed by atoms with E-state index in [2.05, 4.69) is 0 Å². The molecule has 15 heavy (non-hydrogen) atoms. The average molecular weight is 228 g/mol. The van der Waals surface area contributed by atoms with Crippen LogP contribution in [0.1, 0.15) is 36.5 Å². The van der Waals surface area contributed by atoms with Gasteiger partial charge in [-0.2, -0.15) is 0 Å². The van der Waals surface area contributed by atoms with E-state index < -0.39 is 0 Å². The Hall–Kier alpha value is -0.730. The van der Waals surface area contributed by atoms with Gasteiger partial charge in [-0.05, 0) is 48.6 Å². The van der Waals surface area contributed by atoms with Crippen molar-refractivity contribution in [3.63, 3.8) is 0 Å². The van der Waals surface area contributed by atoms with E-state index in [-0.39, 0.29) is 5.92 Å². The minimum absolute atomic E-state index is 0.264. The number of rotatable bonds is 3. The van der Waals surface area contributed by atoms with Crippen molar-refractivity contribution < 1.29 is 5.11 Å². The minimum Gasteiger partial charge on any atom is -0.507 e. The molecule has 0 spiro atoms. The van der Waals surface area contributed by atoms with Crippen molar-refractivity contribution in [2.75, 3.05) is 6.54 Å². The minimum atomic E-state index is 0.264. The maximum Gasteiger partial charge on any atom is 0.122 e. The molecular formula is C12H18ClNO. The van der Waals surface area contributed by atoms with E-state index in [1.807, 2.05) is 26.8 Å². The largest absolute Gasteiger partial charge is 0.507 e. The Balaban J connectivity index is 3.35. The molecule has 0 aliphatic heterocycles. The van der Waals surface area contributed by atoms with Crippen molar-refractivity contribution in [2.24, 2.45) is 5.73 Å². The maximum atomic E-state index is 10.1. The molecule has 0 heterocycles. The van der Waals surface area contributed by atoms with Crippen LogP contribution in [0.4, 0.5) is 0 Å². The smallest absolute Gasteiger partial charge is 0.122 e. The lowest BCUT2D eigenvalue weighted by atomic mass is 9.94. The third-order valence-corrected chi connectivity index (χ3v) is 3.06. The molecule has 0 bridgehead atoms. The molecule has 0 unspecified atom stereocenters. The van der Waals surface area contributed by atoms with Gasteiger partial charge in [-0.15, -0.1) is 0 Å². The van der Waals surface area contributed by atoms with Crippen LogP contribution in [0.15, 0.2) is 6.07 Å². The first-order valence-corrected chi connectivity index (χ1v) is 5.57. The molecule has 1 aromatic carbocycles. The second kappa shape index (κ2) is 4.86. The van der Waals surface area contributed by atoms with E-state index in [1.165, 1.54) is 0 Å². The molecule has 0 saturated heterocycles. The summed E-state index contributed by atoms with van der Waals surface area (Å²) in [5.41, 5.74) is 8.23. The van der Waals surface area contributed by atoms with Crippen molar-refractivity contribution >= 4 is 11.6 Å². The van der Waals surface area contributed by atoms with E-state index >= 15 is 0 Å². The first kappa shape index (κ1) is 12.3. The third kappa shape index (κ3) is 2.44. The summed E-state index contributed by atoms with van der Waals surface area (Å²) in [7, 11) is 0. The Morgan fingerprint density at radius 1 is 1.47 bits per heavy atom. The lowest BCUT2D eigenvalue weighted by molar-refractivity contribution is 0.457. The van der Waals surface area contributed by atoms with Gasteiger partial charge in [-0.3, -0.25) is 0 Å². The number of phenols is 1. The Morgan fingerprint density at radius 3 is 2.53 bits per heavy atom. The van der Waals surface area contributed by atoms with Gasteiger partial charge in [0.25, 0.3) is 0 Å². The van der Waals surface area contributed by atoms with Crippen LogP contribution < -0.4 is 5.73 Å². The summed E-state index contributed by atoms with van der Waals surface area (Å²) in [6, 6.07) is 1.84. The van der Waals surface area contributed by atoms with Crippen LogP contribution in [0, 0.1) is 6.92 Å². The lowest BCUT2D eigenvalue weighted by Gasteiger charge is -2.16. The molecule has 84 valence electrons. The van der Waals surface area contributed by atoms with Gasteiger partial charge in [-0.25, -0.2) is 0 Å². The Morgan fingerprint density at radius 2 is 2.07 bits per heavy atom. The average Bonchev–Trinajstić information content (AvgIpc) is 2.18. The molecule has 0 fully saturated rings. The molecule has 0 amide bonds. The van der Waals surface area contributed by atoms with Crippen LogP contribution in [0.2, 0.25) is 5.02 Å². The monoisotopic (exact) mass is 227 g/mol. The topological polar surface area (TPSA) is 46.2 Å². The van der Waals surface area contributed by atoms with Gasteiger partial charge in [0, 0.05) is 5.02 Å². The highest BCUT2D eigenvalue weighted by molar-refractivity contribution is 6.31. The second-order valence-corrected chi connectivity index (χ2v) is 4.50. The highest BCUT2D eigenvalue weighted by Crippen LogP contribution is 2.35. The van der Waals surface area contributed by atoms with Crippen molar-refractivity contribution in [1.29, 1.82) is 0 Å². The number of nitrogens with two attached hydrogens (primary N) is 1. The number of phenolic OH excluding ortho intramolecular Hbond substituents is 1. The number of aromatic hydroxyl groups is 1. The van der Waals surface area contributed by atoms with Gasteiger partial charge in [0.2, 0.25) is 0 Å². The summed E-state index contributed by atoms with van der Waals surface area (Å²) >= 11 is 6.12. The van der Waals surface area contributed by atoms with Gasteiger partial charge in [0.15, 0.2) is 0 Å². The fourth-order valence-corrected chi connectivity index (χ4v) is 1.93. The fraction of sp³-hybridized carbons (Fsp3) is 0.500. The van der Waals surface area contributed by atoms with Crippen molar-refractivity contribution in [2.45, 2.75) is 33.1 Å². The summed E-state index contributed by atoms with van der Waals surface area (Å²) in [6.45, 7) is 6.50. The molecule has 1 rings (SSSR count). The number of halogens is 1. The van der Waals surface area contributed by atoms with Crippen molar-refractivity contribution in [3.05, 3.63) is 27.8 Å². The van der Waals surface area contributed by atoms with Crippen LogP contribution in [0.3, 0.4) is 0 Å². The highest BCUT2D eigenvalue weighted by atomic mass is 35.5. The predicted molar refractivity (Wildman–Crippen MR) is 64.7 cm³/mol. The summed E-state index contributed by atoms with van der Waals surface area (Å²) in [5.74, 6) is 0.622. The first-order valence-electron chi connectivity index (χ1n) is 5.20. The van der Waals surface area contributed by atoms with Crippen LogP contribution in [0.5, 0.6) is 5.75 Å². The zero-order valence-electron chi connectivity index (χ0n) is 9.47. The number of benzene rings is 1. The van der Waals surface area contributed by atoms with Crippen LogP contribution in [-0.4, -0.2) is 11.7 Å². The van der Waals surface area contributed by atoms with Crippen molar-refractivity contribution in [3.8, 4) is 5.75 Å². The Kier molecular flexibility index (Phi) is 4.00. The molecule has 0 aliphatic carbocycles. The number of hydrogen-bond donors (Lipinski definition) is 2. The zero-order valence-corrected chi connectivity index (χ0v) is 10.2. The van der Waals surface area contributed by atoms with Gasteiger partial charge >= 0.3 is 0 Å². The molecule has 1 aromatic rings. The fourth-order valence-electron chi connectivity index (χ4n) is 1.70. The van der Waals surface area contributed by atoms with E-state index in [4.69, 9.17) is 17.3 Å². The SMILES string of the molecule is Cc1c(Cl)cc(C(C)C)c(O)c1CCN. The van der Waals surface area contributed by atoms with E-state index in [9.17, 15) is 5.11 Å². The van der Waals surface area contributed by atoms with Crippen LogP contribution in [0.25, 0.3) is 0 Å². The zero-order chi connectivity index (χ0) is 11.6. The second-order valence-electron chi connectivity index (χ2n) is 4.09. The standard InChI is InChI=1S/C12H18ClNO/c1-7(2)10-6-11(13)8(3)9(4-5-14)12(10)15/h6-7,15H,4-5,14H2,1-3H3. The van der Waals surface area contributed by atoms with Crippen LogP contribution in [-0.2, 0) is 6.42 Å². The summed E-state index contributed by atoms with van der Waals surface area (Å²) in [5, 5.41) is 10.8. The Bertz CT molecular complexity index is 361. The van der Waals surface area contributed by atoms with Crippen LogP contribution >= 0.6 is 11.6 Å². The molecule has 0 saturated carbocycles. The summed E-state index contributed by atoms with van der Waals surface area (Å²) < 4.78 is 0. The third-order valence-electron chi connectivity index (χ3n) is 2.67. The highest BCUT2D eigenvalue weighted by Gasteiger charge is 2.15. The first-order chi connectivity index (χ1) is 6.99. The molecule has 3 heteroatoms. The normalized spacial score (nSPS) is 11.1. The molecule has 0 radical (unpaired) electrons. The molecule has 0 atom stereocenters. The molecular weight excluding hydrogens is 210 g/mol. The molecule has 2 nitrogen and oxygen atoms in total. The molecule has 0 aliphatic rings. The van der Waals surface area contributed by atoms with Gasteiger partial charge in [0.1, 0.15) is 5.75 Å². The lowest BCUT2D eigenvalue weighted by Crippen LogP contribution is -2.06. The van der Waals surface area contributed by atoms with Gasteiger partial charge in [0.05, 0.1) is 0 Å². The molecule has 0 aromatic heterocycles. The van der Waals surface area contributed by atoms with Gasteiger partial charge < -0.3 is 10.8 Å². The quantitative estimate of drug-likeness (QED) is 0.834. The predicted octanol–water partition coefficient (Wildman–Crippen LogP) is 2.98.